The fraction of sp³-hybridized carbons (Fsp3) is 0.286. The molecule has 0 amide bonds. The van der Waals surface area contributed by atoms with E-state index in [1.54, 1.807) is 0 Å². The molecule has 5 nitrogen and oxygen atoms in total. The highest BCUT2D eigenvalue weighted by molar-refractivity contribution is 7.16. The van der Waals surface area contributed by atoms with Crippen molar-refractivity contribution < 1.29 is 19.1 Å². The molecule has 1 rings (SSSR count). The van der Waals surface area contributed by atoms with Gasteiger partial charge in [-0.05, 0) is 6.07 Å². The van der Waals surface area contributed by atoms with Gasteiger partial charge >= 0.3 is 5.97 Å². The Labute approximate surface area is 81.1 Å². The molecule has 0 radical (unpaired) electrons. The number of alkyl halides is 1. The normalized spacial score (nSPS) is 12.4. The molecule has 14 heavy (non-hydrogen) atoms. The minimum atomic E-state index is -1.43. The Kier molecular flexibility index (Phi) is 3.30. The fourth-order valence-electron chi connectivity index (χ4n) is 0.986. The summed E-state index contributed by atoms with van der Waals surface area (Å²) in [6, 6.07) is 1.22. The molecule has 7 heteroatoms. The van der Waals surface area contributed by atoms with Crippen LogP contribution in [0.2, 0.25) is 0 Å². The lowest BCUT2D eigenvalue weighted by Gasteiger charge is -2.04. The zero-order valence-electron chi connectivity index (χ0n) is 7.05. The molecular weight excluding hydrogens is 210 g/mol. The maximum absolute atomic E-state index is 12.9. The first kappa shape index (κ1) is 10.8. The molecule has 2 atom stereocenters. The van der Waals surface area contributed by atoms with Gasteiger partial charge in [0.25, 0.3) is 0 Å². The molecule has 76 valence electrons. The summed E-state index contributed by atoms with van der Waals surface area (Å²) in [5.41, 5.74) is 0.0749. The molecule has 2 unspecified atom stereocenters. The number of hydrogen-bond acceptors (Lipinski definition) is 3. The van der Waals surface area contributed by atoms with E-state index in [0.29, 0.717) is 6.29 Å². The zero-order valence-corrected chi connectivity index (χ0v) is 8.21. The second kappa shape index (κ2) is 4.28. The number of aldehydes is 1. The van der Waals surface area contributed by atoms with E-state index in [4.69, 9.17) is 5.11 Å². The molecule has 0 fully saturated rings. The summed E-state index contributed by atoms with van der Waals surface area (Å²) in [5.74, 6) is -2.58. The Bertz CT molecular complexity index is 364. The molecule has 0 saturated heterocycles. The highest BCUT2D eigenvalue weighted by Gasteiger charge is 2.15. The zero-order chi connectivity index (χ0) is 10.7. The molecule has 1 aromatic heterocycles. The molecular formula is C7H8FN2O3P. The van der Waals surface area contributed by atoms with E-state index >= 15 is 0 Å². The Balaban J connectivity index is 3.05. The average Bonchev–Trinajstić information content (AvgIpc) is 2.46. The van der Waals surface area contributed by atoms with E-state index in [1.165, 1.54) is 6.07 Å². The lowest BCUT2D eigenvalue weighted by Crippen LogP contribution is -2.13. The number of carboxylic acids is 1. The smallest absolute Gasteiger partial charge is 0.325 e. The van der Waals surface area contributed by atoms with Crippen LogP contribution in [0.4, 0.5) is 4.39 Å². The third-order valence-corrected chi connectivity index (χ3v) is 1.86. The number of aliphatic carboxylic acids is 1. The van der Waals surface area contributed by atoms with Crippen LogP contribution in [0.3, 0.4) is 0 Å². The van der Waals surface area contributed by atoms with E-state index in [0.717, 1.165) is 4.68 Å². The van der Waals surface area contributed by atoms with Crippen LogP contribution in [0.5, 0.6) is 0 Å². The molecule has 0 aliphatic rings. The van der Waals surface area contributed by atoms with E-state index in [9.17, 15) is 14.0 Å². The standard InChI is InChI=1S/C7H8FN2O3P/c8-7(14)5-1-4(3-11)9-10(5)2-6(12)13/h1,3,7H,2,14H2,(H,12,13). The number of aromatic nitrogens is 2. The van der Waals surface area contributed by atoms with Crippen LogP contribution in [0.15, 0.2) is 6.07 Å². The molecule has 1 heterocycles. The van der Waals surface area contributed by atoms with E-state index in [-0.39, 0.29) is 11.4 Å². The predicted octanol–water partition coefficient (Wildman–Crippen LogP) is 0.623. The van der Waals surface area contributed by atoms with Gasteiger partial charge < -0.3 is 5.11 Å². The van der Waals surface area contributed by atoms with Crippen molar-refractivity contribution in [1.29, 1.82) is 0 Å². The quantitative estimate of drug-likeness (QED) is 0.594. The lowest BCUT2D eigenvalue weighted by molar-refractivity contribution is -0.137. The summed E-state index contributed by atoms with van der Waals surface area (Å²) in [6.07, 6.45) is 0.439. The highest BCUT2D eigenvalue weighted by Crippen LogP contribution is 2.24. The van der Waals surface area contributed by atoms with Gasteiger partial charge in [0.05, 0.1) is 5.69 Å². The van der Waals surface area contributed by atoms with Crippen LogP contribution < -0.4 is 0 Å². The Morgan fingerprint density at radius 2 is 2.50 bits per heavy atom. The lowest BCUT2D eigenvalue weighted by atomic mass is 10.4. The Morgan fingerprint density at radius 3 is 2.93 bits per heavy atom. The molecule has 1 aromatic rings. The van der Waals surface area contributed by atoms with Gasteiger partial charge in [-0.15, -0.1) is 0 Å². The largest absolute Gasteiger partial charge is 0.480 e. The second-order valence-electron chi connectivity index (χ2n) is 2.57. The number of halogens is 1. The highest BCUT2D eigenvalue weighted by atomic mass is 31.0. The van der Waals surface area contributed by atoms with Crippen LogP contribution in [-0.2, 0) is 11.3 Å². The summed E-state index contributed by atoms with van der Waals surface area (Å²) < 4.78 is 13.8. The second-order valence-corrected chi connectivity index (χ2v) is 3.15. The van der Waals surface area contributed by atoms with Crippen LogP contribution >= 0.6 is 9.24 Å². The number of carbonyl (C=O) groups excluding carboxylic acids is 1. The van der Waals surface area contributed by atoms with Crippen molar-refractivity contribution in [2.45, 2.75) is 12.5 Å². The summed E-state index contributed by atoms with van der Waals surface area (Å²) in [5, 5.41) is 12.1. The topological polar surface area (TPSA) is 72.2 Å². The summed E-state index contributed by atoms with van der Waals surface area (Å²) in [4.78, 5) is 20.7. The first-order valence-electron chi connectivity index (χ1n) is 3.69. The molecule has 0 spiro atoms. The summed E-state index contributed by atoms with van der Waals surface area (Å²) >= 11 is 0. The van der Waals surface area contributed by atoms with Gasteiger partial charge in [0.15, 0.2) is 12.2 Å². The monoisotopic (exact) mass is 218 g/mol. The number of rotatable bonds is 4. The van der Waals surface area contributed by atoms with E-state index in [2.05, 4.69) is 5.10 Å². The van der Waals surface area contributed by atoms with Gasteiger partial charge in [-0.1, -0.05) is 9.24 Å². The Morgan fingerprint density at radius 1 is 1.86 bits per heavy atom. The summed E-state index contributed by atoms with van der Waals surface area (Å²) in [6.45, 7) is -0.460. The molecule has 0 aliphatic carbocycles. The number of carboxylic acid groups (broad SMARTS) is 1. The fourth-order valence-corrected chi connectivity index (χ4v) is 1.25. The van der Waals surface area contributed by atoms with Crippen molar-refractivity contribution in [3.63, 3.8) is 0 Å². The third kappa shape index (κ3) is 2.35. The molecule has 0 saturated carbocycles. The van der Waals surface area contributed by atoms with E-state index in [1.807, 2.05) is 9.24 Å². The minimum Gasteiger partial charge on any atom is -0.480 e. The van der Waals surface area contributed by atoms with Crippen molar-refractivity contribution in [2.75, 3.05) is 0 Å². The molecule has 0 aliphatic heterocycles. The third-order valence-electron chi connectivity index (χ3n) is 1.52. The first-order valence-corrected chi connectivity index (χ1v) is 4.35. The SMILES string of the molecule is O=Cc1cc(C(F)P)n(CC(=O)O)n1. The van der Waals surface area contributed by atoms with Crippen molar-refractivity contribution in [3.8, 4) is 0 Å². The van der Waals surface area contributed by atoms with Gasteiger partial charge in [0.2, 0.25) is 0 Å². The molecule has 0 aromatic carbocycles. The van der Waals surface area contributed by atoms with Gasteiger partial charge in [0, 0.05) is 0 Å². The van der Waals surface area contributed by atoms with Crippen molar-refractivity contribution >= 4 is 21.5 Å². The first-order chi connectivity index (χ1) is 6.54. The van der Waals surface area contributed by atoms with Gasteiger partial charge in [-0.2, -0.15) is 5.10 Å². The van der Waals surface area contributed by atoms with Crippen molar-refractivity contribution in [2.24, 2.45) is 0 Å². The van der Waals surface area contributed by atoms with Crippen molar-refractivity contribution in [3.05, 3.63) is 17.5 Å². The predicted molar refractivity (Wildman–Crippen MR) is 48.8 cm³/mol. The minimum absolute atomic E-state index is 0.0198. The van der Waals surface area contributed by atoms with Crippen LogP contribution in [0, 0.1) is 0 Å². The average molecular weight is 218 g/mol. The maximum Gasteiger partial charge on any atom is 0.325 e. The van der Waals surface area contributed by atoms with Gasteiger partial charge in [-0.25, -0.2) is 4.39 Å². The molecule has 1 N–H and O–H groups in total. The van der Waals surface area contributed by atoms with Crippen LogP contribution in [0.25, 0.3) is 0 Å². The number of nitrogens with zero attached hydrogens (tertiary/aromatic N) is 2. The van der Waals surface area contributed by atoms with Gasteiger partial charge in [0.1, 0.15) is 12.2 Å². The number of hydrogen-bond donors (Lipinski definition) is 1. The van der Waals surface area contributed by atoms with Crippen LogP contribution in [-0.4, -0.2) is 27.1 Å². The Hall–Kier alpha value is -1.29. The van der Waals surface area contributed by atoms with E-state index < -0.39 is 18.4 Å². The van der Waals surface area contributed by atoms with Crippen LogP contribution in [0.1, 0.15) is 22.1 Å². The number of carbonyl (C=O) groups is 2. The maximum atomic E-state index is 12.9. The molecule has 0 bridgehead atoms. The van der Waals surface area contributed by atoms with Crippen molar-refractivity contribution in [1.82, 2.24) is 9.78 Å². The van der Waals surface area contributed by atoms with Gasteiger partial charge in [-0.3, -0.25) is 14.3 Å². The summed E-state index contributed by atoms with van der Waals surface area (Å²) in [7, 11) is 1.87.